The molecule has 110 valence electrons. The van der Waals surface area contributed by atoms with Gasteiger partial charge in [-0.25, -0.2) is 4.79 Å². The molecule has 0 fully saturated rings. The molecule has 5 heteroatoms. The molecule has 0 aliphatic carbocycles. The summed E-state index contributed by atoms with van der Waals surface area (Å²) in [6, 6.07) is 5.45. The van der Waals surface area contributed by atoms with Crippen LogP contribution < -0.4 is 0 Å². The van der Waals surface area contributed by atoms with Crippen molar-refractivity contribution in [2.45, 2.75) is 32.6 Å². The van der Waals surface area contributed by atoms with Gasteiger partial charge in [0.1, 0.15) is 0 Å². The van der Waals surface area contributed by atoms with Gasteiger partial charge in [0.15, 0.2) is 0 Å². The van der Waals surface area contributed by atoms with Gasteiger partial charge in [0.2, 0.25) is 0 Å². The van der Waals surface area contributed by atoms with Crippen molar-refractivity contribution < 1.29 is 14.3 Å². The quantitative estimate of drug-likeness (QED) is 0.613. The van der Waals surface area contributed by atoms with E-state index in [-0.39, 0.29) is 11.2 Å². The largest absolute Gasteiger partial charge is 0.462 e. The third kappa shape index (κ3) is 4.27. The van der Waals surface area contributed by atoms with Crippen molar-refractivity contribution in [2.75, 3.05) is 19.7 Å². The molecule has 1 aromatic rings. The molecule has 0 spiro atoms. The van der Waals surface area contributed by atoms with Crippen molar-refractivity contribution in [3.05, 3.63) is 29.3 Å². The van der Waals surface area contributed by atoms with Crippen molar-refractivity contribution in [3.8, 4) is 0 Å². The fourth-order valence-corrected chi connectivity index (χ4v) is 2.71. The first-order valence-electron chi connectivity index (χ1n) is 6.77. The number of amides is 1. The molecule has 0 heterocycles. The van der Waals surface area contributed by atoms with E-state index in [0.717, 1.165) is 17.3 Å². The van der Waals surface area contributed by atoms with Gasteiger partial charge in [0.25, 0.3) is 5.24 Å². The minimum absolute atomic E-state index is 0.0515. The highest BCUT2D eigenvalue weighted by molar-refractivity contribution is 8.13. The first-order valence-corrected chi connectivity index (χ1v) is 7.59. The number of hydrogen-bond donors (Lipinski definition) is 0. The van der Waals surface area contributed by atoms with E-state index in [9.17, 15) is 9.59 Å². The highest BCUT2D eigenvalue weighted by Crippen LogP contribution is 2.27. The van der Waals surface area contributed by atoms with E-state index in [1.165, 1.54) is 0 Å². The molecular formula is C15H21NO3S. The van der Waals surface area contributed by atoms with Gasteiger partial charge in [0, 0.05) is 18.0 Å². The summed E-state index contributed by atoms with van der Waals surface area (Å²) in [5.74, 6) is -0.383. The van der Waals surface area contributed by atoms with E-state index in [4.69, 9.17) is 4.74 Å². The normalized spacial score (nSPS) is 10.2. The van der Waals surface area contributed by atoms with Crippen LogP contribution in [0.5, 0.6) is 0 Å². The minimum atomic E-state index is -0.383. The maximum absolute atomic E-state index is 12.1. The van der Waals surface area contributed by atoms with Gasteiger partial charge < -0.3 is 9.64 Å². The third-order valence-electron chi connectivity index (χ3n) is 2.85. The summed E-state index contributed by atoms with van der Waals surface area (Å²) in [5, 5.41) is -0.0515. The second-order valence-corrected chi connectivity index (χ2v) is 5.25. The topological polar surface area (TPSA) is 46.6 Å². The monoisotopic (exact) mass is 295 g/mol. The van der Waals surface area contributed by atoms with E-state index in [2.05, 4.69) is 0 Å². The first kappa shape index (κ1) is 16.6. The summed E-state index contributed by atoms with van der Waals surface area (Å²) in [6.45, 7) is 9.17. The Bertz CT molecular complexity index is 484. The summed E-state index contributed by atoms with van der Waals surface area (Å²) in [7, 11) is 0. The molecule has 1 aromatic carbocycles. The molecular weight excluding hydrogens is 274 g/mol. The van der Waals surface area contributed by atoms with Crippen LogP contribution in [0.15, 0.2) is 23.1 Å². The lowest BCUT2D eigenvalue weighted by Gasteiger charge is -2.18. The number of esters is 1. The van der Waals surface area contributed by atoms with Gasteiger partial charge in [-0.2, -0.15) is 0 Å². The Morgan fingerprint density at radius 2 is 1.85 bits per heavy atom. The van der Waals surface area contributed by atoms with Crippen LogP contribution in [0.4, 0.5) is 4.79 Å². The van der Waals surface area contributed by atoms with E-state index in [1.54, 1.807) is 24.0 Å². The van der Waals surface area contributed by atoms with Gasteiger partial charge in [-0.1, -0.05) is 11.6 Å². The Balaban J connectivity index is 3.00. The molecule has 0 bridgehead atoms. The third-order valence-corrected chi connectivity index (χ3v) is 3.86. The molecule has 0 saturated heterocycles. The number of benzene rings is 1. The van der Waals surface area contributed by atoms with Gasteiger partial charge >= 0.3 is 5.97 Å². The SMILES string of the molecule is CCOC(=O)c1cc(C)ccc1SC(=O)N(CC)CC. The van der Waals surface area contributed by atoms with Crippen molar-refractivity contribution in [1.29, 1.82) is 0 Å². The molecule has 20 heavy (non-hydrogen) atoms. The molecule has 0 aromatic heterocycles. The fourth-order valence-electron chi connectivity index (χ4n) is 1.74. The predicted octanol–water partition coefficient (Wildman–Crippen LogP) is 3.73. The number of ether oxygens (including phenoxy) is 1. The molecule has 1 rings (SSSR count). The van der Waals surface area contributed by atoms with Crippen LogP contribution in [0, 0.1) is 6.92 Å². The number of carbonyl (C=O) groups is 2. The van der Waals surface area contributed by atoms with Gasteiger partial charge in [0.05, 0.1) is 12.2 Å². The second-order valence-electron chi connectivity index (χ2n) is 4.26. The molecule has 0 N–H and O–H groups in total. The molecule has 0 aliphatic heterocycles. The minimum Gasteiger partial charge on any atom is -0.462 e. The first-order chi connectivity index (χ1) is 9.53. The average Bonchev–Trinajstić information content (AvgIpc) is 2.42. The van der Waals surface area contributed by atoms with Crippen molar-refractivity contribution >= 4 is 23.0 Å². The smallest absolute Gasteiger partial charge is 0.339 e. The average molecular weight is 295 g/mol. The summed E-state index contributed by atoms with van der Waals surface area (Å²) in [4.78, 5) is 26.4. The fraction of sp³-hybridized carbons (Fsp3) is 0.467. The Hall–Kier alpha value is -1.49. The van der Waals surface area contributed by atoms with Crippen LogP contribution in [0.2, 0.25) is 0 Å². The highest BCUT2D eigenvalue weighted by atomic mass is 32.2. The zero-order valence-corrected chi connectivity index (χ0v) is 13.3. The zero-order valence-electron chi connectivity index (χ0n) is 12.4. The molecule has 0 aliphatic rings. The summed E-state index contributed by atoms with van der Waals surface area (Å²) in [5.41, 5.74) is 1.42. The Morgan fingerprint density at radius 3 is 2.40 bits per heavy atom. The van der Waals surface area contributed by atoms with E-state index in [1.807, 2.05) is 26.8 Å². The standard InChI is InChI=1S/C15H21NO3S/c1-5-16(6-2)15(18)20-13-9-8-11(4)10-12(13)14(17)19-7-3/h8-10H,5-7H2,1-4H3. The number of aryl methyl sites for hydroxylation is 1. The maximum Gasteiger partial charge on any atom is 0.339 e. The van der Waals surface area contributed by atoms with Crippen LogP contribution in [0.25, 0.3) is 0 Å². The van der Waals surface area contributed by atoms with E-state index >= 15 is 0 Å². The van der Waals surface area contributed by atoms with E-state index in [0.29, 0.717) is 30.2 Å². The molecule has 4 nitrogen and oxygen atoms in total. The molecule has 0 saturated carbocycles. The summed E-state index contributed by atoms with van der Waals surface area (Å²) < 4.78 is 5.04. The van der Waals surface area contributed by atoms with Crippen molar-refractivity contribution in [3.63, 3.8) is 0 Å². The summed E-state index contributed by atoms with van der Waals surface area (Å²) in [6.07, 6.45) is 0. The van der Waals surface area contributed by atoms with Crippen LogP contribution in [0.1, 0.15) is 36.7 Å². The Labute approximate surface area is 124 Å². The highest BCUT2D eigenvalue weighted by Gasteiger charge is 2.18. The lowest BCUT2D eigenvalue weighted by Crippen LogP contribution is -2.26. The molecule has 1 amide bonds. The number of nitrogens with zero attached hydrogens (tertiary/aromatic N) is 1. The molecule has 0 unspecified atom stereocenters. The lowest BCUT2D eigenvalue weighted by atomic mass is 10.1. The Kier molecular flexibility index (Phi) is 6.58. The molecule has 0 radical (unpaired) electrons. The Morgan fingerprint density at radius 1 is 1.20 bits per heavy atom. The number of rotatable bonds is 5. The lowest BCUT2D eigenvalue weighted by molar-refractivity contribution is 0.0522. The van der Waals surface area contributed by atoms with Crippen LogP contribution in [-0.4, -0.2) is 35.8 Å². The second kappa shape index (κ2) is 7.94. The van der Waals surface area contributed by atoms with Gasteiger partial charge in [-0.3, -0.25) is 4.79 Å². The van der Waals surface area contributed by atoms with Crippen LogP contribution in [-0.2, 0) is 4.74 Å². The van der Waals surface area contributed by atoms with Gasteiger partial charge in [-0.05, 0) is 51.6 Å². The van der Waals surface area contributed by atoms with Gasteiger partial charge in [-0.15, -0.1) is 0 Å². The number of thioether (sulfide) groups is 1. The van der Waals surface area contributed by atoms with E-state index < -0.39 is 0 Å². The van der Waals surface area contributed by atoms with Crippen molar-refractivity contribution in [1.82, 2.24) is 4.90 Å². The zero-order chi connectivity index (χ0) is 15.1. The van der Waals surface area contributed by atoms with Crippen molar-refractivity contribution in [2.24, 2.45) is 0 Å². The summed E-state index contributed by atoms with van der Waals surface area (Å²) >= 11 is 1.08. The maximum atomic E-state index is 12.1. The van der Waals surface area contributed by atoms with Crippen LogP contribution >= 0.6 is 11.8 Å². The molecule has 0 atom stereocenters. The number of hydrogen-bond acceptors (Lipinski definition) is 4. The predicted molar refractivity (Wildman–Crippen MR) is 81.3 cm³/mol. The number of carbonyl (C=O) groups excluding carboxylic acids is 2. The van der Waals surface area contributed by atoms with Crippen LogP contribution in [0.3, 0.4) is 0 Å².